The second-order valence-electron chi connectivity index (χ2n) is 4.89. The van der Waals surface area contributed by atoms with Crippen molar-refractivity contribution in [2.75, 3.05) is 18.9 Å². The van der Waals surface area contributed by atoms with Crippen LogP contribution in [0.5, 0.6) is 0 Å². The van der Waals surface area contributed by atoms with E-state index in [-0.39, 0.29) is 17.5 Å². The van der Waals surface area contributed by atoms with Crippen LogP contribution in [0, 0.1) is 5.92 Å². The van der Waals surface area contributed by atoms with E-state index in [0.717, 1.165) is 0 Å². The van der Waals surface area contributed by atoms with Gasteiger partial charge in [0.15, 0.2) is 5.69 Å². The predicted octanol–water partition coefficient (Wildman–Crippen LogP) is 0.409. The second kappa shape index (κ2) is 7.42. The molecule has 0 aliphatic carbocycles. The Morgan fingerprint density at radius 2 is 1.90 bits per heavy atom. The number of carbonyl (C=O) groups excluding carboxylic acids is 2. The third-order valence-electron chi connectivity index (χ3n) is 2.57. The fourth-order valence-electron chi connectivity index (χ4n) is 1.40. The molecule has 0 spiro atoms. The predicted molar refractivity (Wildman–Crippen MR) is 76.4 cm³/mol. The fraction of sp³-hybridized carbons (Fsp3) is 0.538. The molecule has 1 aromatic heterocycles. The molecule has 1 heterocycles. The van der Waals surface area contributed by atoms with Crippen LogP contribution in [-0.2, 0) is 4.79 Å². The normalized spacial score (nSPS) is 11.8. The van der Waals surface area contributed by atoms with E-state index in [9.17, 15) is 9.59 Å². The molecule has 7 heteroatoms. The summed E-state index contributed by atoms with van der Waals surface area (Å²) in [7, 11) is 1.53. The van der Waals surface area contributed by atoms with Gasteiger partial charge in [-0.25, -0.2) is 0 Å². The third kappa shape index (κ3) is 4.83. The molecule has 0 aliphatic heterocycles. The SMILES string of the molecule is CNC(=O)c1ccc(NC(C)C(=O)NCC(C)C)nn1. The highest BCUT2D eigenvalue weighted by Crippen LogP contribution is 2.04. The van der Waals surface area contributed by atoms with Crippen LogP contribution in [0.1, 0.15) is 31.3 Å². The molecular formula is C13H21N5O2. The summed E-state index contributed by atoms with van der Waals surface area (Å²) in [4.78, 5) is 23.1. The average Bonchev–Trinajstić information content (AvgIpc) is 2.44. The van der Waals surface area contributed by atoms with E-state index in [0.29, 0.717) is 18.3 Å². The van der Waals surface area contributed by atoms with E-state index >= 15 is 0 Å². The van der Waals surface area contributed by atoms with Crippen molar-refractivity contribution in [3.63, 3.8) is 0 Å². The molecule has 0 saturated heterocycles. The molecule has 0 aromatic carbocycles. The highest BCUT2D eigenvalue weighted by Gasteiger charge is 2.13. The molecule has 1 atom stereocenters. The van der Waals surface area contributed by atoms with Crippen LogP contribution < -0.4 is 16.0 Å². The molecule has 110 valence electrons. The van der Waals surface area contributed by atoms with Crippen molar-refractivity contribution in [1.82, 2.24) is 20.8 Å². The fourth-order valence-corrected chi connectivity index (χ4v) is 1.40. The number of amides is 2. The highest BCUT2D eigenvalue weighted by atomic mass is 16.2. The van der Waals surface area contributed by atoms with Gasteiger partial charge in [-0.05, 0) is 25.0 Å². The van der Waals surface area contributed by atoms with Gasteiger partial charge in [0.25, 0.3) is 5.91 Å². The van der Waals surface area contributed by atoms with Crippen molar-refractivity contribution >= 4 is 17.6 Å². The number of hydrogen-bond acceptors (Lipinski definition) is 5. The number of carbonyl (C=O) groups is 2. The first-order valence-electron chi connectivity index (χ1n) is 6.54. The van der Waals surface area contributed by atoms with Crippen LogP contribution >= 0.6 is 0 Å². The average molecular weight is 279 g/mol. The largest absolute Gasteiger partial charge is 0.357 e. The van der Waals surface area contributed by atoms with E-state index in [1.165, 1.54) is 7.05 Å². The summed E-state index contributed by atoms with van der Waals surface area (Å²) in [6.45, 7) is 6.43. The van der Waals surface area contributed by atoms with Gasteiger partial charge >= 0.3 is 0 Å². The third-order valence-corrected chi connectivity index (χ3v) is 2.57. The lowest BCUT2D eigenvalue weighted by Crippen LogP contribution is -2.39. The number of anilines is 1. The first-order chi connectivity index (χ1) is 9.43. The molecule has 0 fully saturated rings. The van der Waals surface area contributed by atoms with Crippen LogP contribution in [-0.4, -0.2) is 41.6 Å². The van der Waals surface area contributed by atoms with Gasteiger partial charge in [0.05, 0.1) is 0 Å². The minimum atomic E-state index is -0.422. The first-order valence-corrected chi connectivity index (χ1v) is 6.54. The lowest BCUT2D eigenvalue weighted by molar-refractivity contribution is -0.121. The Balaban J connectivity index is 2.55. The van der Waals surface area contributed by atoms with Gasteiger partial charge in [-0.15, -0.1) is 10.2 Å². The Labute approximate surface area is 118 Å². The van der Waals surface area contributed by atoms with Gasteiger partial charge in [-0.3, -0.25) is 9.59 Å². The van der Waals surface area contributed by atoms with Crippen LogP contribution in [0.25, 0.3) is 0 Å². The molecule has 7 nitrogen and oxygen atoms in total. The van der Waals surface area contributed by atoms with E-state index in [1.807, 2.05) is 13.8 Å². The minimum Gasteiger partial charge on any atom is -0.357 e. The van der Waals surface area contributed by atoms with Gasteiger partial charge < -0.3 is 16.0 Å². The maximum absolute atomic E-state index is 11.8. The number of nitrogens with one attached hydrogen (secondary N) is 3. The zero-order valence-corrected chi connectivity index (χ0v) is 12.2. The van der Waals surface area contributed by atoms with Crippen LogP contribution in [0.4, 0.5) is 5.82 Å². The maximum atomic E-state index is 11.8. The molecular weight excluding hydrogens is 258 g/mol. The summed E-state index contributed by atoms with van der Waals surface area (Å²) in [5, 5.41) is 15.9. The molecule has 1 rings (SSSR count). The van der Waals surface area contributed by atoms with E-state index in [2.05, 4.69) is 26.1 Å². The summed E-state index contributed by atoms with van der Waals surface area (Å²) in [5.41, 5.74) is 0.231. The van der Waals surface area contributed by atoms with Crippen molar-refractivity contribution in [2.24, 2.45) is 5.92 Å². The molecule has 0 bridgehead atoms. The summed E-state index contributed by atoms with van der Waals surface area (Å²) >= 11 is 0. The van der Waals surface area contributed by atoms with Crippen molar-refractivity contribution in [3.05, 3.63) is 17.8 Å². The molecule has 0 aliphatic rings. The van der Waals surface area contributed by atoms with Crippen LogP contribution in [0.15, 0.2) is 12.1 Å². The topological polar surface area (TPSA) is 96.0 Å². The summed E-state index contributed by atoms with van der Waals surface area (Å²) in [6, 6.07) is 2.74. The minimum absolute atomic E-state index is 0.101. The van der Waals surface area contributed by atoms with Gasteiger partial charge in [-0.2, -0.15) is 0 Å². The lowest BCUT2D eigenvalue weighted by atomic mass is 10.2. The number of hydrogen-bond donors (Lipinski definition) is 3. The zero-order valence-electron chi connectivity index (χ0n) is 12.2. The molecule has 1 unspecified atom stereocenters. The molecule has 0 radical (unpaired) electrons. The zero-order chi connectivity index (χ0) is 15.1. The van der Waals surface area contributed by atoms with Gasteiger partial charge in [0.1, 0.15) is 11.9 Å². The van der Waals surface area contributed by atoms with E-state index in [4.69, 9.17) is 0 Å². The summed E-state index contributed by atoms with van der Waals surface area (Å²) < 4.78 is 0. The van der Waals surface area contributed by atoms with Crippen molar-refractivity contribution in [3.8, 4) is 0 Å². The van der Waals surface area contributed by atoms with Gasteiger partial charge in [0.2, 0.25) is 5.91 Å². The summed E-state index contributed by atoms with van der Waals surface area (Å²) in [6.07, 6.45) is 0. The first kappa shape index (κ1) is 15.9. The summed E-state index contributed by atoms with van der Waals surface area (Å²) in [5.74, 6) is 0.449. The van der Waals surface area contributed by atoms with Crippen molar-refractivity contribution < 1.29 is 9.59 Å². The van der Waals surface area contributed by atoms with E-state index < -0.39 is 6.04 Å². The molecule has 1 aromatic rings. The van der Waals surface area contributed by atoms with Crippen LogP contribution in [0.3, 0.4) is 0 Å². The standard InChI is InChI=1S/C13H21N5O2/c1-8(2)7-15-12(19)9(3)16-11-6-5-10(17-18-11)13(20)14-4/h5-6,8-9H,7H2,1-4H3,(H,14,20)(H,15,19)(H,16,18). The maximum Gasteiger partial charge on any atom is 0.271 e. The molecule has 3 N–H and O–H groups in total. The number of aromatic nitrogens is 2. The number of nitrogens with zero attached hydrogens (tertiary/aromatic N) is 2. The molecule has 2 amide bonds. The van der Waals surface area contributed by atoms with E-state index in [1.54, 1.807) is 19.1 Å². The smallest absolute Gasteiger partial charge is 0.271 e. The lowest BCUT2D eigenvalue weighted by Gasteiger charge is -2.15. The molecule has 0 saturated carbocycles. The van der Waals surface area contributed by atoms with Crippen LogP contribution in [0.2, 0.25) is 0 Å². The monoisotopic (exact) mass is 279 g/mol. The number of rotatable bonds is 6. The Morgan fingerprint density at radius 3 is 2.40 bits per heavy atom. The van der Waals surface area contributed by atoms with Gasteiger partial charge in [-0.1, -0.05) is 13.8 Å². The molecule has 20 heavy (non-hydrogen) atoms. The van der Waals surface area contributed by atoms with Crippen molar-refractivity contribution in [1.29, 1.82) is 0 Å². The Bertz CT molecular complexity index is 458. The highest BCUT2D eigenvalue weighted by molar-refractivity contribution is 5.92. The quantitative estimate of drug-likeness (QED) is 0.701. The van der Waals surface area contributed by atoms with Crippen molar-refractivity contribution in [2.45, 2.75) is 26.8 Å². The Hall–Kier alpha value is -2.18. The second-order valence-corrected chi connectivity index (χ2v) is 4.89. The Morgan fingerprint density at radius 1 is 1.20 bits per heavy atom. The van der Waals surface area contributed by atoms with Gasteiger partial charge in [0, 0.05) is 13.6 Å². The Kier molecular flexibility index (Phi) is 5.89.